The molecular weight excluding hydrogens is 364 g/mol. The molecule has 2 rings (SSSR count). The first kappa shape index (κ1) is 20.8. The molecule has 6 heteroatoms. The highest BCUT2D eigenvalue weighted by Crippen LogP contribution is 2.36. The zero-order valence-corrected chi connectivity index (χ0v) is 16.9. The molecule has 0 saturated heterocycles. The molecule has 0 heterocycles. The van der Waals surface area contributed by atoms with E-state index in [0.29, 0.717) is 35.3 Å². The Morgan fingerprint density at radius 2 is 1.89 bits per heavy atom. The van der Waals surface area contributed by atoms with E-state index in [-0.39, 0.29) is 12.3 Å². The first-order chi connectivity index (χ1) is 12.9. The van der Waals surface area contributed by atoms with Crippen LogP contribution in [0.3, 0.4) is 0 Å². The monoisotopic (exact) mass is 388 g/mol. The van der Waals surface area contributed by atoms with Crippen LogP contribution < -0.4 is 14.9 Å². The number of nitrogens with zero attached hydrogens (tertiary/aromatic N) is 1. The molecule has 5 nitrogen and oxygen atoms in total. The van der Waals surface area contributed by atoms with Crippen LogP contribution in [0.5, 0.6) is 11.5 Å². The Balaban J connectivity index is 2.05. The number of benzene rings is 2. The molecule has 27 heavy (non-hydrogen) atoms. The second-order valence-electron chi connectivity index (χ2n) is 6.10. The Kier molecular flexibility index (Phi) is 7.67. The van der Waals surface area contributed by atoms with Crippen molar-refractivity contribution >= 4 is 23.7 Å². The van der Waals surface area contributed by atoms with Crippen molar-refractivity contribution in [1.82, 2.24) is 5.43 Å². The number of aryl methyl sites for hydroxylation is 2. The molecule has 0 bridgehead atoms. The third kappa shape index (κ3) is 6.00. The van der Waals surface area contributed by atoms with Gasteiger partial charge in [0.2, 0.25) is 5.91 Å². The maximum Gasteiger partial charge on any atom is 0.244 e. The number of amides is 1. The molecule has 0 aliphatic rings. The number of hydrazone groups is 1. The zero-order valence-electron chi connectivity index (χ0n) is 16.1. The average Bonchev–Trinajstić information content (AvgIpc) is 2.61. The molecule has 0 aliphatic carbocycles. The minimum absolute atomic E-state index is 0.180. The molecule has 2 aromatic rings. The van der Waals surface area contributed by atoms with Crippen LogP contribution in [0.25, 0.3) is 0 Å². The Labute approximate surface area is 165 Å². The number of hydrogen-bond donors (Lipinski definition) is 1. The van der Waals surface area contributed by atoms with E-state index in [9.17, 15) is 4.79 Å². The van der Waals surface area contributed by atoms with Crippen molar-refractivity contribution in [3.63, 3.8) is 0 Å². The normalized spacial score (nSPS) is 10.9. The lowest BCUT2D eigenvalue weighted by Gasteiger charge is -2.13. The van der Waals surface area contributed by atoms with E-state index in [4.69, 9.17) is 21.1 Å². The van der Waals surface area contributed by atoms with Crippen LogP contribution in [0, 0.1) is 13.8 Å². The maximum absolute atomic E-state index is 12.1. The molecule has 2 aromatic carbocycles. The standard InChI is InChI=1S/C21H25ClN2O3/c1-5-26-19-11-16(10-18(22)21(19)27-6-2)13-23-24-20(25)12-17-8-7-14(3)9-15(17)4/h7-11,13H,5-6,12H2,1-4H3,(H,24,25)/b23-13+. The van der Waals surface area contributed by atoms with E-state index in [0.717, 1.165) is 11.1 Å². The van der Waals surface area contributed by atoms with Gasteiger partial charge in [0.15, 0.2) is 11.5 Å². The molecule has 1 amide bonds. The minimum Gasteiger partial charge on any atom is -0.490 e. The first-order valence-electron chi connectivity index (χ1n) is 8.91. The molecule has 0 aliphatic heterocycles. The zero-order chi connectivity index (χ0) is 19.8. The molecule has 0 atom stereocenters. The fraction of sp³-hybridized carbons (Fsp3) is 0.333. The summed E-state index contributed by atoms with van der Waals surface area (Å²) in [5.74, 6) is 0.882. The van der Waals surface area contributed by atoms with Crippen LogP contribution in [0.15, 0.2) is 35.4 Å². The summed E-state index contributed by atoms with van der Waals surface area (Å²) in [6, 6.07) is 9.52. The van der Waals surface area contributed by atoms with E-state index < -0.39 is 0 Å². The van der Waals surface area contributed by atoms with Crippen molar-refractivity contribution in [2.45, 2.75) is 34.1 Å². The number of carbonyl (C=O) groups excluding carboxylic acids is 1. The topological polar surface area (TPSA) is 59.9 Å². The largest absolute Gasteiger partial charge is 0.490 e. The van der Waals surface area contributed by atoms with Gasteiger partial charge in [0.05, 0.1) is 30.9 Å². The lowest BCUT2D eigenvalue weighted by Crippen LogP contribution is -2.20. The van der Waals surface area contributed by atoms with Crippen LogP contribution >= 0.6 is 11.6 Å². The molecule has 0 saturated carbocycles. The molecular formula is C21H25ClN2O3. The smallest absolute Gasteiger partial charge is 0.244 e. The van der Waals surface area contributed by atoms with E-state index in [2.05, 4.69) is 16.6 Å². The second kappa shape index (κ2) is 9.97. The summed E-state index contributed by atoms with van der Waals surface area (Å²) >= 11 is 6.27. The quantitative estimate of drug-likeness (QED) is 0.537. The summed E-state index contributed by atoms with van der Waals surface area (Å²) < 4.78 is 11.1. The number of rotatable bonds is 8. The van der Waals surface area contributed by atoms with Crippen LogP contribution in [0.2, 0.25) is 5.02 Å². The van der Waals surface area contributed by atoms with Crippen molar-refractivity contribution in [2.75, 3.05) is 13.2 Å². The van der Waals surface area contributed by atoms with E-state index >= 15 is 0 Å². The molecule has 144 valence electrons. The lowest BCUT2D eigenvalue weighted by atomic mass is 10.0. The number of carbonyl (C=O) groups is 1. The lowest BCUT2D eigenvalue weighted by molar-refractivity contribution is -0.120. The van der Waals surface area contributed by atoms with Gasteiger partial charge in [-0.05, 0) is 56.5 Å². The third-order valence-electron chi connectivity index (χ3n) is 3.87. The Morgan fingerprint density at radius 1 is 1.15 bits per heavy atom. The summed E-state index contributed by atoms with van der Waals surface area (Å²) in [7, 11) is 0. The van der Waals surface area contributed by atoms with Crippen LogP contribution in [0.1, 0.15) is 36.1 Å². The molecule has 0 fully saturated rings. The van der Waals surface area contributed by atoms with Gasteiger partial charge >= 0.3 is 0 Å². The second-order valence-corrected chi connectivity index (χ2v) is 6.50. The number of ether oxygens (including phenoxy) is 2. The van der Waals surface area contributed by atoms with Crippen LogP contribution in [0.4, 0.5) is 0 Å². The molecule has 1 N–H and O–H groups in total. The van der Waals surface area contributed by atoms with Gasteiger partial charge in [0.25, 0.3) is 0 Å². The summed E-state index contributed by atoms with van der Waals surface area (Å²) in [6.45, 7) is 8.77. The van der Waals surface area contributed by atoms with E-state index in [1.807, 2.05) is 39.8 Å². The van der Waals surface area contributed by atoms with Gasteiger partial charge in [0.1, 0.15) is 0 Å². The van der Waals surface area contributed by atoms with Gasteiger partial charge in [-0.2, -0.15) is 5.10 Å². The summed E-state index contributed by atoms with van der Waals surface area (Å²) in [4.78, 5) is 12.1. The molecule has 0 aromatic heterocycles. The summed E-state index contributed by atoms with van der Waals surface area (Å²) in [6.07, 6.45) is 1.81. The fourth-order valence-corrected chi connectivity index (χ4v) is 2.92. The number of halogens is 1. The van der Waals surface area contributed by atoms with Crippen molar-refractivity contribution < 1.29 is 14.3 Å². The molecule has 0 spiro atoms. The number of hydrogen-bond acceptors (Lipinski definition) is 4. The van der Waals surface area contributed by atoms with Gasteiger partial charge in [0, 0.05) is 0 Å². The van der Waals surface area contributed by atoms with Crippen LogP contribution in [-0.4, -0.2) is 25.3 Å². The molecule has 0 radical (unpaired) electrons. The Morgan fingerprint density at radius 3 is 2.56 bits per heavy atom. The molecule has 0 unspecified atom stereocenters. The first-order valence-corrected chi connectivity index (χ1v) is 9.29. The summed E-state index contributed by atoms with van der Waals surface area (Å²) in [5, 5.41) is 4.46. The van der Waals surface area contributed by atoms with Crippen molar-refractivity contribution in [3.05, 3.63) is 57.6 Å². The van der Waals surface area contributed by atoms with Crippen molar-refractivity contribution in [2.24, 2.45) is 5.10 Å². The van der Waals surface area contributed by atoms with Gasteiger partial charge in [-0.1, -0.05) is 35.4 Å². The fourth-order valence-electron chi connectivity index (χ4n) is 2.65. The highest BCUT2D eigenvalue weighted by molar-refractivity contribution is 6.32. The van der Waals surface area contributed by atoms with Crippen molar-refractivity contribution in [1.29, 1.82) is 0 Å². The number of nitrogens with one attached hydrogen (secondary N) is 1. The SMILES string of the molecule is CCOc1cc(/C=N/NC(=O)Cc2ccc(C)cc2C)cc(Cl)c1OCC. The summed E-state index contributed by atoms with van der Waals surface area (Å²) in [5.41, 5.74) is 6.50. The van der Waals surface area contributed by atoms with Gasteiger partial charge < -0.3 is 9.47 Å². The minimum atomic E-state index is -0.180. The van der Waals surface area contributed by atoms with E-state index in [1.54, 1.807) is 12.1 Å². The Bertz CT molecular complexity index is 834. The van der Waals surface area contributed by atoms with Crippen LogP contribution in [-0.2, 0) is 11.2 Å². The van der Waals surface area contributed by atoms with E-state index in [1.165, 1.54) is 11.8 Å². The highest BCUT2D eigenvalue weighted by atomic mass is 35.5. The van der Waals surface area contributed by atoms with Gasteiger partial charge in [-0.3, -0.25) is 4.79 Å². The Hall–Kier alpha value is -2.53. The van der Waals surface area contributed by atoms with Gasteiger partial charge in [-0.25, -0.2) is 5.43 Å². The average molecular weight is 389 g/mol. The van der Waals surface area contributed by atoms with Crippen molar-refractivity contribution in [3.8, 4) is 11.5 Å². The third-order valence-corrected chi connectivity index (χ3v) is 4.15. The highest BCUT2D eigenvalue weighted by Gasteiger charge is 2.11. The predicted molar refractivity (Wildman–Crippen MR) is 109 cm³/mol. The maximum atomic E-state index is 12.1. The predicted octanol–water partition coefficient (Wildman–Crippen LogP) is 4.45. The van der Waals surface area contributed by atoms with Gasteiger partial charge in [-0.15, -0.1) is 0 Å².